The van der Waals surface area contributed by atoms with Crippen molar-refractivity contribution in [2.45, 2.75) is 18.9 Å². The fourth-order valence-electron chi connectivity index (χ4n) is 4.66. The number of fused-ring (bicyclic) bond motifs is 2. The van der Waals surface area contributed by atoms with Crippen LogP contribution < -0.4 is 15.8 Å². The summed E-state index contributed by atoms with van der Waals surface area (Å²) in [5, 5.41) is 12.4. The first-order valence-corrected chi connectivity index (χ1v) is 10.9. The number of aromatic carboxylic acids is 1. The van der Waals surface area contributed by atoms with E-state index in [1.54, 1.807) is 11.8 Å². The standard InChI is InChI=1S/C22H19ClF3N5O3/c1-9(27-15-3-4-16(23)28-18(15)20(33)34)11-5-10(24)6-12-17(11)29-21(30(2)19(12)32)31-7-13-14(8-31)22(13,25)26/h3-6,9,13-14,27H,7-8H2,1-2H3,(H,33,34). The SMILES string of the molecule is CC(Nc1ccc(Cl)nc1C(=O)O)c1cc(F)cc2c(=O)n(C)c(N3CC4C(C3)C4(F)F)nc12. The molecule has 0 amide bonds. The quantitative estimate of drug-likeness (QED) is 0.523. The molecule has 2 fully saturated rings. The van der Waals surface area contributed by atoms with E-state index in [9.17, 15) is 27.9 Å². The number of carboxylic acids is 1. The first-order chi connectivity index (χ1) is 16.0. The van der Waals surface area contributed by atoms with Crippen LogP contribution >= 0.6 is 11.6 Å². The average molecular weight is 494 g/mol. The van der Waals surface area contributed by atoms with Crippen molar-refractivity contribution >= 4 is 40.1 Å². The van der Waals surface area contributed by atoms with E-state index in [1.807, 2.05) is 0 Å². The number of nitrogens with one attached hydrogen (secondary N) is 1. The third-order valence-corrected chi connectivity index (χ3v) is 6.75. The normalized spacial score (nSPS) is 21.4. The van der Waals surface area contributed by atoms with Gasteiger partial charge in [-0.1, -0.05) is 11.6 Å². The molecule has 12 heteroatoms. The fourth-order valence-corrected chi connectivity index (χ4v) is 4.81. The number of carboxylic acid groups (broad SMARTS) is 1. The molecule has 1 aliphatic heterocycles. The zero-order chi connectivity index (χ0) is 24.5. The Morgan fingerprint density at radius 2 is 1.94 bits per heavy atom. The van der Waals surface area contributed by atoms with Crippen molar-refractivity contribution in [2.75, 3.05) is 23.3 Å². The molecule has 1 saturated heterocycles. The van der Waals surface area contributed by atoms with Gasteiger partial charge >= 0.3 is 5.97 Å². The largest absolute Gasteiger partial charge is 0.476 e. The number of aromatic nitrogens is 3. The van der Waals surface area contributed by atoms with Gasteiger partial charge < -0.3 is 15.3 Å². The topological polar surface area (TPSA) is 100 Å². The van der Waals surface area contributed by atoms with Crippen LogP contribution in [0.3, 0.4) is 0 Å². The predicted octanol–water partition coefficient (Wildman–Crippen LogP) is 3.69. The second-order valence-corrected chi connectivity index (χ2v) is 9.05. The molecule has 2 N–H and O–H groups in total. The van der Waals surface area contributed by atoms with Crippen molar-refractivity contribution < 1.29 is 23.1 Å². The lowest BCUT2D eigenvalue weighted by Gasteiger charge is -2.24. The number of piperidine rings is 1. The highest BCUT2D eigenvalue weighted by atomic mass is 35.5. The van der Waals surface area contributed by atoms with Crippen LogP contribution in [0.5, 0.6) is 0 Å². The monoisotopic (exact) mass is 493 g/mol. The molecule has 3 heterocycles. The second kappa shape index (κ2) is 7.59. The number of alkyl halides is 2. The summed E-state index contributed by atoms with van der Waals surface area (Å²) in [6.07, 6.45) is 0. The second-order valence-electron chi connectivity index (χ2n) is 8.66. The summed E-state index contributed by atoms with van der Waals surface area (Å²) < 4.78 is 43.1. The maximum absolute atomic E-state index is 14.5. The van der Waals surface area contributed by atoms with Gasteiger partial charge in [-0.05, 0) is 31.2 Å². The van der Waals surface area contributed by atoms with E-state index in [-0.39, 0.29) is 46.5 Å². The smallest absolute Gasteiger partial charge is 0.356 e. The van der Waals surface area contributed by atoms with Crippen molar-refractivity contribution in [1.82, 2.24) is 14.5 Å². The molecule has 3 unspecified atom stereocenters. The number of halogens is 4. The highest BCUT2D eigenvalue weighted by molar-refractivity contribution is 6.29. The van der Waals surface area contributed by atoms with Gasteiger partial charge in [0, 0.05) is 25.7 Å². The van der Waals surface area contributed by atoms with E-state index in [4.69, 9.17) is 11.6 Å². The zero-order valence-electron chi connectivity index (χ0n) is 18.0. The highest BCUT2D eigenvalue weighted by Crippen LogP contribution is 2.59. The summed E-state index contributed by atoms with van der Waals surface area (Å²) in [5.74, 6) is -5.97. The van der Waals surface area contributed by atoms with Crippen molar-refractivity contribution in [3.8, 4) is 0 Å². The first-order valence-electron chi connectivity index (χ1n) is 10.5. The van der Waals surface area contributed by atoms with Gasteiger partial charge in [0.2, 0.25) is 5.95 Å². The van der Waals surface area contributed by atoms with E-state index >= 15 is 0 Å². The molecule has 1 saturated carbocycles. The van der Waals surface area contributed by atoms with Crippen LogP contribution in [0.2, 0.25) is 5.15 Å². The maximum atomic E-state index is 14.5. The number of pyridine rings is 1. The summed E-state index contributed by atoms with van der Waals surface area (Å²) in [6, 6.07) is 4.43. The van der Waals surface area contributed by atoms with Crippen molar-refractivity contribution in [1.29, 1.82) is 0 Å². The van der Waals surface area contributed by atoms with E-state index < -0.39 is 41.1 Å². The van der Waals surface area contributed by atoms with Crippen LogP contribution in [0.4, 0.5) is 24.8 Å². The summed E-state index contributed by atoms with van der Waals surface area (Å²) in [6.45, 7) is 1.80. The number of carbonyl (C=O) groups is 1. The van der Waals surface area contributed by atoms with Crippen molar-refractivity contribution in [3.05, 3.63) is 56.8 Å². The molecule has 1 aliphatic carbocycles. The molecule has 8 nitrogen and oxygen atoms in total. The first kappa shape index (κ1) is 22.5. The highest BCUT2D eigenvalue weighted by Gasteiger charge is 2.72. The summed E-state index contributed by atoms with van der Waals surface area (Å²) >= 11 is 5.81. The molecule has 0 radical (unpaired) electrons. The minimum atomic E-state index is -2.69. The van der Waals surface area contributed by atoms with E-state index in [0.717, 1.165) is 6.07 Å². The number of hydrogen-bond acceptors (Lipinski definition) is 6. The lowest BCUT2D eigenvalue weighted by atomic mass is 10.0. The summed E-state index contributed by atoms with van der Waals surface area (Å²) in [7, 11) is 1.47. The van der Waals surface area contributed by atoms with Gasteiger partial charge in [-0.2, -0.15) is 0 Å². The van der Waals surface area contributed by atoms with Gasteiger partial charge in [0.1, 0.15) is 11.0 Å². The fraction of sp³-hybridized carbons (Fsp3) is 0.364. The summed E-state index contributed by atoms with van der Waals surface area (Å²) in [5.41, 5.74) is -0.185. The average Bonchev–Trinajstić information content (AvgIpc) is 3.11. The summed E-state index contributed by atoms with van der Waals surface area (Å²) in [4.78, 5) is 34.7. The van der Waals surface area contributed by atoms with E-state index in [1.165, 1.54) is 29.8 Å². The van der Waals surface area contributed by atoms with Crippen LogP contribution in [0.25, 0.3) is 10.9 Å². The van der Waals surface area contributed by atoms with Gasteiger partial charge in [-0.25, -0.2) is 27.9 Å². The molecular weight excluding hydrogens is 475 g/mol. The number of benzene rings is 1. The van der Waals surface area contributed by atoms with Gasteiger partial charge in [0.05, 0.1) is 34.5 Å². The zero-order valence-corrected chi connectivity index (χ0v) is 18.8. The molecule has 2 aromatic heterocycles. The molecule has 0 bridgehead atoms. The van der Waals surface area contributed by atoms with Crippen molar-refractivity contribution in [2.24, 2.45) is 18.9 Å². The minimum absolute atomic E-state index is 0.00384. The number of hydrogen-bond donors (Lipinski definition) is 2. The number of rotatable bonds is 5. The van der Waals surface area contributed by atoms with Crippen LogP contribution in [0.15, 0.2) is 29.1 Å². The maximum Gasteiger partial charge on any atom is 0.356 e. The molecular formula is C22H19ClF3N5O3. The Balaban J connectivity index is 1.57. The van der Waals surface area contributed by atoms with Crippen LogP contribution in [-0.4, -0.2) is 44.6 Å². The Bertz CT molecular complexity index is 1400. The van der Waals surface area contributed by atoms with Crippen LogP contribution in [0.1, 0.15) is 29.0 Å². The van der Waals surface area contributed by atoms with Gasteiger partial charge in [0.25, 0.3) is 11.5 Å². The van der Waals surface area contributed by atoms with Crippen molar-refractivity contribution in [3.63, 3.8) is 0 Å². The molecule has 34 heavy (non-hydrogen) atoms. The van der Waals surface area contributed by atoms with E-state index in [2.05, 4.69) is 15.3 Å². The van der Waals surface area contributed by atoms with Crippen LogP contribution in [-0.2, 0) is 7.05 Å². The third-order valence-electron chi connectivity index (χ3n) is 6.54. The lowest BCUT2D eigenvalue weighted by Crippen LogP contribution is -2.34. The molecule has 1 aromatic carbocycles. The Labute approximate surface area is 196 Å². The Morgan fingerprint density at radius 1 is 1.26 bits per heavy atom. The van der Waals surface area contributed by atoms with Gasteiger partial charge in [0.15, 0.2) is 5.69 Å². The number of nitrogens with zero attached hydrogens (tertiary/aromatic N) is 4. The van der Waals surface area contributed by atoms with Crippen LogP contribution in [0, 0.1) is 17.7 Å². The Hall–Kier alpha value is -3.34. The molecule has 3 atom stereocenters. The molecule has 2 aliphatic rings. The molecule has 0 spiro atoms. The predicted molar refractivity (Wildman–Crippen MR) is 119 cm³/mol. The molecule has 3 aromatic rings. The minimum Gasteiger partial charge on any atom is -0.476 e. The Kier molecular flexibility index (Phi) is 5.01. The molecule has 178 valence electrons. The lowest BCUT2D eigenvalue weighted by molar-refractivity contribution is 0.0691. The van der Waals surface area contributed by atoms with Gasteiger partial charge in [-0.3, -0.25) is 9.36 Å². The Morgan fingerprint density at radius 3 is 2.59 bits per heavy atom. The van der Waals surface area contributed by atoms with E-state index in [0.29, 0.717) is 5.56 Å². The number of anilines is 2. The van der Waals surface area contributed by atoms with Gasteiger partial charge in [-0.15, -0.1) is 0 Å². The third kappa shape index (κ3) is 3.46. The molecule has 5 rings (SSSR count).